The van der Waals surface area contributed by atoms with Crippen LogP contribution in [-0.4, -0.2) is 38.0 Å². The van der Waals surface area contributed by atoms with Crippen molar-refractivity contribution in [2.24, 2.45) is 0 Å². The van der Waals surface area contributed by atoms with Gasteiger partial charge in [0.15, 0.2) is 0 Å². The highest BCUT2D eigenvalue weighted by Gasteiger charge is 2.33. The minimum absolute atomic E-state index is 0.181. The average Bonchev–Trinajstić information content (AvgIpc) is 2.86. The van der Waals surface area contributed by atoms with Gasteiger partial charge in [0.25, 0.3) is 0 Å². The molecule has 0 aliphatic carbocycles. The number of ether oxygens (including phenoxy) is 1. The number of nitrogens with zero attached hydrogens (tertiary/aromatic N) is 2. The molecule has 1 aliphatic heterocycles. The Hall–Kier alpha value is -4.40. The van der Waals surface area contributed by atoms with Crippen LogP contribution in [0.1, 0.15) is 5.56 Å². The van der Waals surface area contributed by atoms with Gasteiger partial charge >= 0.3 is 6.03 Å². The molecule has 174 valence electrons. The Morgan fingerprint density at radius 2 is 1.65 bits per heavy atom. The minimum Gasteiger partial charge on any atom is -0.497 e. The van der Waals surface area contributed by atoms with Crippen LogP contribution in [0.25, 0.3) is 0 Å². The molecule has 1 aliphatic rings. The number of fused-ring (bicyclic) bond motifs is 1. The van der Waals surface area contributed by atoms with Gasteiger partial charge in [0.05, 0.1) is 18.5 Å². The number of amides is 4. The minimum atomic E-state index is -0.531. The molecule has 1 heterocycles. The lowest BCUT2D eigenvalue weighted by atomic mass is 10.1. The molecule has 4 rings (SSSR count). The van der Waals surface area contributed by atoms with Crippen molar-refractivity contribution in [1.82, 2.24) is 5.32 Å². The summed E-state index contributed by atoms with van der Waals surface area (Å²) in [5.41, 5.74) is 2.23. The maximum Gasteiger partial charge on any atom is 0.326 e. The van der Waals surface area contributed by atoms with Crippen LogP contribution in [0.5, 0.6) is 5.75 Å². The lowest BCUT2D eigenvalue weighted by Gasteiger charge is -2.35. The first-order chi connectivity index (χ1) is 16.4. The Morgan fingerprint density at radius 1 is 0.971 bits per heavy atom. The van der Waals surface area contributed by atoms with E-state index in [9.17, 15) is 18.8 Å². The van der Waals surface area contributed by atoms with Crippen molar-refractivity contribution in [2.45, 2.75) is 6.54 Å². The van der Waals surface area contributed by atoms with Gasteiger partial charge in [-0.1, -0.05) is 24.3 Å². The van der Waals surface area contributed by atoms with Crippen molar-refractivity contribution in [2.75, 3.05) is 35.3 Å². The van der Waals surface area contributed by atoms with Gasteiger partial charge in [0.1, 0.15) is 24.7 Å². The van der Waals surface area contributed by atoms with Gasteiger partial charge in [-0.05, 0) is 54.1 Å². The molecular formula is C25H23FN4O4. The summed E-state index contributed by atoms with van der Waals surface area (Å²) < 4.78 is 18.3. The smallest absolute Gasteiger partial charge is 0.326 e. The molecule has 0 bridgehead atoms. The summed E-state index contributed by atoms with van der Waals surface area (Å²) in [7, 11) is 1.58. The highest BCUT2D eigenvalue weighted by Crippen LogP contribution is 2.33. The molecule has 2 N–H and O–H groups in total. The summed E-state index contributed by atoms with van der Waals surface area (Å²) in [5.74, 6) is -0.424. The van der Waals surface area contributed by atoms with E-state index in [1.54, 1.807) is 43.5 Å². The number of hydrogen-bond donors (Lipinski definition) is 2. The number of carbonyl (C=O) groups is 3. The summed E-state index contributed by atoms with van der Waals surface area (Å²) >= 11 is 0. The molecule has 0 fully saturated rings. The SMILES string of the molecule is COc1ccc(CNC(=O)CN2C(=O)CN(C(=O)Nc3ccc(F)cc3)c3ccccc32)cc1. The van der Waals surface area contributed by atoms with Crippen molar-refractivity contribution in [3.8, 4) is 5.75 Å². The van der Waals surface area contributed by atoms with E-state index in [2.05, 4.69) is 10.6 Å². The Balaban J connectivity index is 1.44. The number of benzene rings is 3. The topological polar surface area (TPSA) is 91.0 Å². The monoisotopic (exact) mass is 462 g/mol. The summed E-state index contributed by atoms with van der Waals surface area (Å²) in [6.07, 6.45) is 0. The molecule has 0 unspecified atom stereocenters. The van der Waals surface area contributed by atoms with Gasteiger partial charge in [-0.25, -0.2) is 9.18 Å². The van der Waals surface area contributed by atoms with Gasteiger partial charge < -0.3 is 15.4 Å². The van der Waals surface area contributed by atoms with Crippen LogP contribution in [0, 0.1) is 5.82 Å². The van der Waals surface area contributed by atoms with Crippen LogP contribution in [0.2, 0.25) is 0 Å². The number of urea groups is 1. The number of rotatable bonds is 6. The van der Waals surface area contributed by atoms with Gasteiger partial charge in [0, 0.05) is 12.2 Å². The number of nitrogens with one attached hydrogen (secondary N) is 2. The normalized spacial score (nSPS) is 12.7. The van der Waals surface area contributed by atoms with Gasteiger partial charge in [-0.2, -0.15) is 0 Å². The number of hydrogen-bond acceptors (Lipinski definition) is 4. The van der Waals surface area contributed by atoms with Crippen LogP contribution in [0.15, 0.2) is 72.8 Å². The molecule has 4 amide bonds. The van der Waals surface area contributed by atoms with E-state index in [-0.39, 0.29) is 19.0 Å². The second kappa shape index (κ2) is 10.0. The molecule has 3 aromatic carbocycles. The molecule has 9 heteroatoms. The molecule has 0 spiro atoms. The lowest BCUT2D eigenvalue weighted by molar-refractivity contribution is -0.123. The summed E-state index contributed by atoms with van der Waals surface area (Å²) in [6, 6.07) is 19.0. The summed E-state index contributed by atoms with van der Waals surface area (Å²) in [6.45, 7) is -0.117. The quantitative estimate of drug-likeness (QED) is 0.586. The third-order valence-electron chi connectivity index (χ3n) is 5.35. The Bertz CT molecular complexity index is 1200. The van der Waals surface area contributed by atoms with Gasteiger partial charge in [0.2, 0.25) is 11.8 Å². The average molecular weight is 462 g/mol. The van der Waals surface area contributed by atoms with E-state index >= 15 is 0 Å². The van der Waals surface area contributed by atoms with Gasteiger partial charge in [-0.15, -0.1) is 0 Å². The predicted octanol–water partition coefficient (Wildman–Crippen LogP) is 3.54. The van der Waals surface area contributed by atoms with Gasteiger partial charge in [-0.3, -0.25) is 19.4 Å². The standard InChI is InChI=1S/C25H23FN4O4/c1-34-20-12-6-17(7-13-20)14-27-23(31)15-29-21-4-2-3-5-22(21)30(16-24(29)32)25(33)28-19-10-8-18(26)9-11-19/h2-13H,14-16H2,1H3,(H,27,31)(H,28,33). The molecule has 0 saturated heterocycles. The second-order valence-electron chi connectivity index (χ2n) is 7.62. The van der Waals surface area contributed by atoms with E-state index in [1.165, 1.54) is 34.1 Å². The third kappa shape index (κ3) is 5.15. The Labute approximate surface area is 195 Å². The Morgan fingerprint density at radius 3 is 2.32 bits per heavy atom. The van der Waals surface area contributed by atoms with Crippen molar-refractivity contribution >= 4 is 34.9 Å². The first-order valence-corrected chi connectivity index (χ1v) is 10.6. The lowest BCUT2D eigenvalue weighted by Crippen LogP contribution is -2.51. The molecule has 0 atom stereocenters. The molecular weight excluding hydrogens is 439 g/mol. The number of para-hydroxylation sites is 2. The Kier molecular flexibility index (Phi) is 6.72. The molecule has 8 nitrogen and oxygen atoms in total. The van der Waals surface area contributed by atoms with Crippen LogP contribution in [0.3, 0.4) is 0 Å². The maximum atomic E-state index is 13.1. The number of halogens is 1. The molecule has 3 aromatic rings. The van der Waals surface area contributed by atoms with Crippen molar-refractivity contribution < 1.29 is 23.5 Å². The van der Waals surface area contributed by atoms with Crippen molar-refractivity contribution in [3.63, 3.8) is 0 Å². The zero-order valence-corrected chi connectivity index (χ0v) is 18.5. The van der Waals surface area contributed by atoms with E-state index < -0.39 is 17.8 Å². The molecule has 0 aromatic heterocycles. The zero-order chi connectivity index (χ0) is 24.1. The summed E-state index contributed by atoms with van der Waals surface area (Å²) in [5, 5.41) is 5.47. The van der Waals surface area contributed by atoms with E-state index in [0.29, 0.717) is 23.6 Å². The van der Waals surface area contributed by atoms with Crippen molar-refractivity contribution in [3.05, 3.63) is 84.2 Å². The van der Waals surface area contributed by atoms with Crippen LogP contribution in [-0.2, 0) is 16.1 Å². The fourth-order valence-corrected chi connectivity index (χ4v) is 3.58. The van der Waals surface area contributed by atoms with Crippen LogP contribution >= 0.6 is 0 Å². The first-order valence-electron chi connectivity index (χ1n) is 10.6. The molecule has 34 heavy (non-hydrogen) atoms. The zero-order valence-electron chi connectivity index (χ0n) is 18.5. The van der Waals surface area contributed by atoms with Crippen LogP contribution < -0.4 is 25.2 Å². The van der Waals surface area contributed by atoms with Crippen molar-refractivity contribution in [1.29, 1.82) is 0 Å². The van der Waals surface area contributed by atoms with E-state index in [0.717, 1.165) is 11.3 Å². The maximum absolute atomic E-state index is 13.1. The number of anilines is 3. The third-order valence-corrected chi connectivity index (χ3v) is 5.35. The fraction of sp³-hybridized carbons (Fsp3) is 0.160. The molecule has 0 saturated carbocycles. The van der Waals surface area contributed by atoms with E-state index in [1.807, 2.05) is 12.1 Å². The second-order valence-corrected chi connectivity index (χ2v) is 7.62. The predicted molar refractivity (Wildman–Crippen MR) is 126 cm³/mol. The van der Waals surface area contributed by atoms with Crippen LogP contribution in [0.4, 0.5) is 26.2 Å². The largest absolute Gasteiger partial charge is 0.497 e. The molecule has 0 radical (unpaired) electrons. The van der Waals surface area contributed by atoms with E-state index in [4.69, 9.17) is 4.74 Å². The number of carbonyl (C=O) groups excluding carboxylic acids is 3. The summed E-state index contributed by atoms with van der Waals surface area (Å²) in [4.78, 5) is 41.0. The first kappa shape index (κ1) is 22.8. The highest BCUT2D eigenvalue weighted by atomic mass is 19.1. The highest BCUT2D eigenvalue weighted by molar-refractivity contribution is 6.15. The fourth-order valence-electron chi connectivity index (χ4n) is 3.58. The number of methoxy groups -OCH3 is 1.